The van der Waals surface area contributed by atoms with Crippen LogP contribution in [-0.2, 0) is 0 Å². The number of aromatic hydroxyl groups is 2. The summed E-state index contributed by atoms with van der Waals surface area (Å²) in [6, 6.07) is 33.1. The Morgan fingerprint density at radius 3 is 1.70 bits per heavy atom. The molecule has 0 aliphatic rings. The first kappa shape index (κ1) is 46.7. The normalized spacial score (nSPS) is 11.0. The summed E-state index contributed by atoms with van der Waals surface area (Å²) in [5.41, 5.74) is 11.5. The molecule has 8 rings (SSSR count). The molecule has 0 saturated heterocycles. The quantitative estimate of drug-likeness (QED) is 0.124. The molecule has 0 saturated carbocycles. The van der Waals surface area contributed by atoms with Crippen LogP contribution in [0.5, 0.6) is 11.5 Å². The van der Waals surface area contributed by atoms with Crippen molar-refractivity contribution in [1.29, 1.82) is 0 Å². The van der Waals surface area contributed by atoms with E-state index in [1.807, 2.05) is 88.4 Å². The van der Waals surface area contributed by atoms with E-state index in [-0.39, 0.29) is 11.5 Å². The number of anilines is 2. The number of halogens is 6. The number of aldehydes is 1. The lowest BCUT2D eigenvalue weighted by atomic mass is 9.96. The van der Waals surface area contributed by atoms with Crippen molar-refractivity contribution in [1.82, 2.24) is 19.9 Å². The standard InChI is InChI=1S/C23H18Cl3N3O.C10H8ClNO.C7H4Cl2O.C6H8N2/c1-12-4-3-5-20(27-12)29-21(15-9-7-14(24)10-18(15)25)17-11-19(26)16-8-6-13(2)28-22(16)23(17)30;1-6-2-3-7-8(11)4-5-9(13)10(7)12-6;8-6-2-1-5(4-10)7(9)3-6;1-5-3-2-4-6(7)8-5/h3-11,21,30H,1-2H3,(H,27,29);2-5,13H,1H3;1-4H;2-4H,1H3,(H2,7,8). The van der Waals surface area contributed by atoms with E-state index >= 15 is 0 Å². The molecule has 0 spiro atoms. The second-order valence-electron chi connectivity index (χ2n) is 13.5. The number of phenols is 2. The third kappa shape index (κ3) is 12.6. The van der Waals surface area contributed by atoms with Gasteiger partial charge in [0.25, 0.3) is 0 Å². The Labute approximate surface area is 383 Å². The van der Waals surface area contributed by atoms with E-state index in [1.165, 1.54) is 6.07 Å². The summed E-state index contributed by atoms with van der Waals surface area (Å²) in [5, 5.41) is 28.5. The van der Waals surface area contributed by atoms with E-state index in [1.54, 1.807) is 48.5 Å². The molecule has 0 bridgehead atoms. The highest BCUT2D eigenvalue weighted by atomic mass is 35.5. The number of aryl methyl sites for hydroxylation is 4. The first-order chi connectivity index (χ1) is 29.0. The summed E-state index contributed by atoms with van der Waals surface area (Å²) in [5.74, 6) is 1.43. The Balaban J connectivity index is 0.000000185. The zero-order valence-corrected chi connectivity index (χ0v) is 37.6. The number of fused-ring (bicyclic) bond motifs is 2. The maximum Gasteiger partial charge on any atom is 0.151 e. The molecule has 312 valence electrons. The molecular formula is C46H38Cl6N6O3. The number of hydrogen-bond donors (Lipinski definition) is 4. The molecule has 0 aliphatic carbocycles. The zero-order valence-electron chi connectivity index (χ0n) is 33.1. The molecule has 4 aromatic heterocycles. The van der Waals surface area contributed by atoms with Gasteiger partial charge in [-0.3, -0.25) is 4.79 Å². The minimum absolute atomic E-state index is 0.0364. The van der Waals surface area contributed by atoms with Crippen LogP contribution in [0.1, 0.15) is 50.3 Å². The van der Waals surface area contributed by atoms with Crippen LogP contribution in [0.3, 0.4) is 0 Å². The number of carbonyl (C=O) groups excluding carboxylic acids is 1. The van der Waals surface area contributed by atoms with Crippen LogP contribution < -0.4 is 11.1 Å². The molecule has 4 aromatic carbocycles. The molecule has 0 fully saturated rings. The molecule has 9 nitrogen and oxygen atoms in total. The molecule has 5 N–H and O–H groups in total. The summed E-state index contributed by atoms with van der Waals surface area (Å²) >= 11 is 36.3. The van der Waals surface area contributed by atoms with E-state index < -0.39 is 6.04 Å². The Bertz CT molecular complexity index is 2830. The number of nitrogens with zero attached hydrogens (tertiary/aromatic N) is 4. The lowest BCUT2D eigenvalue weighted by Crippen LogP contribution is -2.14. The van der Waals surface area contributed by atoms with Gasteiger partial charge in [-0.25, -0.2) is 19.9 Å². The maximum absolute atomic E-state index is 11.2. The number of benzene rings is 4. The van der Waals surface area contributed by atoms with Crippen LogP contribution >= 0.6 is 69.6 Å². The number of phenolic OH excluding ortho intramolecular Hbond substituents is 2. The monoisotopic (exact) mass is 932 g/mol. The second kappa shape index (κ2) is 21.4. The third-order valence-electron chi connectivity index (χ3n) is 8.76. The minimum atomic E-state index is -0.534. The lowest BCUT2D eigenvalue weighted by molar-refractivity contribution is 0.112. The molecule has 4 heterocycles. The Hall–Kier alpha value is -5.39. The SMILES string of the molecule is Cc1ccc2c(Cl)ccc(O)c2n1.Cc1cccc(N)n1.Cc1cccc(NC(c2ccc(Cl)cc2Cl)c2cc(Cl)c3ccc(C)nc3c2O)n1.O=Cc1ccc(Cl)cc1Cl. The van der Waals surface area contributed by atoms with Crippen molar-refractivity contribution in [3.63, 3.8) is 0 Å². The van der Waals surface area contributed by atoms with Crippen LogP contribution in [0.2, 0.25) is 30.1 Å². The summed E-state index contributed by atoms with van der Waals surface area (Å²) in [6.45, 7) is 7.56. The fourth-order valence-corrected chi connectivity index (χ4v) is 7.28. The van der Waals surface area contributed by atoms with Crippen LogP contribution in [-0.4, -0.2) is 36.4 Å². The molecule has 61 heavy (non-hydrogen) atoms. The highest BCUT2D eigenvalue weighted by Crippen LogP contribution is 2.42. The molecule has 1 unspecified atom stereocenters. The van der Waals surface area contributed by atoms with E-state index in [0.29, 0.717) is 75.6 Å². The van der Waals surface area contributed by atoms with Gasteiger partial charge in [-0.05, 0) is 130 Å². The van der Waals surface area contributed by atoms with E-state index in [4.69, 9.17) is 75.3 Å². The second-order valence-corrected chi connectivity index (χ2v) is 16.0. The summed E-state index contributed by atoms with van der Waals surface area (Å²) in [6.07, 6.45) is 0.693. The van der Waals surface area contributed by atoms with Gasteiger partial charge in [-0.1, -0.05) is 87.8 Å². The number of carbonyl (C=O) groups is 1. The van der Waals surface area contributed by atoms with Crippen molar-refractivity contribution < 1.29 is 15.0 Å². The van der Waals surface area contributed by atoms with Gasteiger partial charge in [0.1, 0.15) is 34.2 Å². The average molecular weight is 936 g/mol. The molecule has 15 heteroatoms. The Morgan fingerprint density at radius 1 is 0.557 bits per heavy atom. The number of pyridine rings is 4. The van der Waals surface area contributed by atoms with Crippen molar-refractivity contribution >= 4 is 109 Å². The first-order valence-corrected chi connectivity index (χ1v) is 20.6. The van der Waals surface area contributed by atoms with E-state index in [2.05, 4.69) is 25.3 Å². The van der Waals surface area contributed by atoms with Crippen molar-refractivity contribution in [3.05, 3.63) is 185 Å². The van der Waals surface area contributed by atoms with Gasteiger partial charge in [0.2, 0.25) is 0 Å². The van der Waals surface area contributed by atoms with Crippen molar-refractivity contribution in [3.8, 4) is 11.5 Å². The number of nitrogens with one attached hydrogen (secondary N) is 1. The highest BCUT2D eigenvalue weighted by molar-refractivity contribution is 6.37. The number of rotatable bonds is 5. The molecule has 0 amide bonds. The van der Waals surface area contributed by atoms with Crippen LogP contribution in [0.4, 0.5) is 11.6 Å². The van der Waals surface area contributed by atoms with Gasteiger partial charge < -0.3 is 21.3 Å². The zero-order chi connectivity index (χ0) is 44.4. The van der Waals surface area contributed by atoms with Crippen molar-refractivity contribution in [2.75, 3.05) is 11.1 Å². The first-order valence-electron chi connectivity index (χ1n) is 18.3. The van der Waals surface area contributed by atoms with Gasteiger partial charge in [-0.2, -0.15) is 0 Å². The topological polar surface area (TPSA) is 147 Å². The van der Waals surface area contributed by atoms with Gasteiger partial charge >= 0.3 is 0 Å². The van der Waals surface area contributed by atoms with Crippen molar-refractivity contribution in [2.24, 2.45) is 0 Å². The largest absolute Gasteiger partial charge is 0.506 e. The number of nitrogens with two attached hydrogens (primary N) is 1. The van der Waals surface area contributed by atoms with Crippen LogP contribution in [0, 0.1) is 27.7 Å². The smallest absolute Gasteiger partial charge is 0.151 e. The highest BCUT2D eigenvalue weighted by Gasteiger charge is 2.24. The van der Waals surface area contributed by atoms with Gasteiger partial charge in [-0.15, -0.1) is 0 Å². The number of nitrogen functional groups attached to an aromatic ring is 1. The molecule has 8 aromatic rings. The maximum atomic E-state index is 11.2. The average Bonchev–Trinajstić information content (AvgIpc) is 3.21. The number of hydrogen-bond acceptors (Lipinski definition) is 9. The summed E-state index contributed by atoms with van der Waals surface area (Å²) < 4.78 is 0. The molecule has 1 atom stereocenters. The van der Waals surface area contributed by atoms with Crippen molar-refractivity contribution in [2.45, 2.75) is 33.7 Å². The van der Waals surface area contributed by atoms with Crippen LogP contribution in [0.25, 0.3) is 21.8 Å². The molecular weight excluding hydrogens is 897 g/mol. The van der Waals surface area contributed by atoms with E-state index in [0.717, 1.165) is 33.7 Å². The predicted octanol–water partition coefficient (Wildman–Crippen LogP) is 13.8. The lowest BCUT2D eigenvalue weighted by Gasteiger charge is -2.23. The minimum Gasteiger partial charge on any atom is -0.506 e. The number of aromatic nitrogens is 4. The predicted molar refractivity (Wildman–Crippen MR) is 252 cm³/mol. The molecule has 0 aliphatic heterocycles. The van der Waals surface area contributed by atoms with Crippen LogP contribution in [0.15, 0.2) is 115 Å². The van der Waals surface area contributed by atoms with Gasteiger partial charge in [0, 0.05) is 59.7 Å². The summed E-state index contributed by atoms with van der Waals surface area (Å²) in [7, 11) is 0. The summed E-state index contributed by atoms with van der Waals surface area (Å²) in [4.78, 5) is 27.4. The van der Waals surface area contributed by atoms with Gasteiger partial charge in [0.15, 0.2) is 6.29 Å². The van der Waals surface area contributed by atoms with E-state index in [9.17, 15) is 15.0 Å². The third-order valence-corrected chi connectivity index (χ3v) is 10.5. The van der Waals surface area contributed by atoms with Gasteiger partial charge in [0.05, 0.1) is 21.1 Å². The fraction of sp³-hybridized carbons (Fsp3) is 0.109. The Kier molecular flexibility index (Phi) is 16.4. The molecule has 0 radical (unpaired) electrons. The Morgan fingerprint density at radius 2 is 1.13 bits per heavy atom. The fourth-order valence-electron chi connectivity index (χ4n) is 5.83.